The summed E-state index contributed by atoms with van der Waals surface area (Å²) in [6.07, 6.45) is 2.00. The molecule has 21 heavy (non-hydrogen) atoms. The fourth-order valence-corrected chi connectivity index (χ4v) is 3.97. The lowest BCUT2D eigenvalue weighted by Gasteiger charge is -2.27. The van der Waals surface area contributed by atoms with Gasteiger partial charge in [0.15, 0.2) is 0 Å². The van der Waals surface area contributed by atoms with Crippen LogP contribution in [0.1, 0.15) is 31.2 Å². The quantitative estimate of drug-likeness (QED) is 0.908. The van der Waals surface area contributed by atoms with Crippen LogP contribution in [0.5, 0.6) is 0 Å². The SMILES string of the molecule is CC(CN(C(=O)C1CSc2ccccc21)C1CC1)C(=O)O. The molecule has 2 aliphatic rings. The molecular formula is C16H19NO3S. The molecule has 1 fully saturated rings. The molecule has 0 radical (unpaired) electrons. The number of carboxylic acids is 1. The van der Waals surface area contributed by atoms with Crippen molar-refractivity contribution < 1.29 is 14.7 Å². The number of rotatable bonds is 5. The minimum atomic E-state index is -0.838. The number of hydrogen-bond acceptors (Lipinski definition) is 3. The Bertz CT molecular complexity index is 570. The fraction of sp³-hybridized carbons (Fsp3) is 0.500. The molecule has 0 saturated heterocycles. The second-order valence-corrected chi connectivity index (χ2v) is 6.92. The summed E-state index contributed by atoms with van der Waals surface area (Å²) in [5.74, 6) is -0.604. The van der Waals surface area contributed by atoms with Gasteiger partial charge in [-0.05, 0) is 24.5 Å². The highest BCUT2D eigenvalue weighted by molar-refractivity contribution is 7.99. The molecule has 3 rings (SSSR count). The average Bonchev–Trinajstić information content (AvgIpc) is 3.22. The van der Waals surface area contributed by atoms with E-state index in [1.165, 1.54) is 4.90 Å². The zero-order chi connectivity index (χ0) is 15.0. The van der Waals surface area contributed by atoms with Gasteiger partial charge in [0, 0.05) is 23.2 Å². The standard InChI is InChI=1S/C16H19NO3S/c1-10(16(19)20)8-17(11-6-7-11)15(18)13-9-21-14-5-3-2-4-12(13)14/h2-5,10-11,13H,6-9H2,1H3,(H,19,20). The first kappa shape index (κ1) is 14.4. The van der Waals surface area contributed by atoms with E-state index in [1.54, 1.807) is 18.7 Å². The van der Waals surface area contributed by atoms with Crippen LogP contribution in [0.2, 0.25) is 0 Å². The van der Waals surface area contributed by atoms with Gasteiger partial charge in [0.2, 0.25) is 5.91 Å². The van der Waals surface area contributed by atoms with E-state index in [4.69, 9.17) is 5.11 Å². The van der Waals surface area contributed by atoms with Gasteiger partial charge in [-0.25, -0.2) is 0 Å². The molecule has 2 unspecified atom stereocenters. The van der Waals surface area contributed by atoms with Crippen molar-refractivity contribution in [3.05, 3.63) is 29.8 Å². The number of amides is 1. The molecule has 1 amide bonds. The number of aliphatic carboxylic acids is 1. The molecule has 0 aromatic heterocycles. The second-order valence-electron chi connectivity index (χ2n) is 5.86. The highest BCUT2D eigenvalue weighted by Gasteiger charge is 2.39. The van der Waals surface area contributed by atoms with E-state index in [9.17, 15) is 9.59 Å². The molecule has 1 N–H and O–H groups in total. The average molecular weight is 305 g/mol. The van der Waals surface area contributed by atoms with Crippen molar-refractivity contribution in [1.82, 2.24) is 4.90 Å². The third kappa shape index (κ3) is 2.93. The van der Waals surface area contributed by atoms with Crippen molar-refractivity contribution in [3.63, 3.8) is 0 Å². The van der Waals surface area contributed by atoms with Gasteiger partial charge < -0.3 is 10.0 Å². The van der Waals surface area contributed by atoms with Crippen LogP contribution in [-0.4, -0.2) is 40.2 Å². The molecule has 0 spiro atoms. The number of carbonyl (C=O) groups is 2. The number of carboxylic acid groups (broad SMARTS) is 1. The Labute approximate surface area is 128 Å². The maximum Gasteiger partial charge on any atom is 0.308 e. The Morgan fingerprint density at radius 1 is 1.38 bits per heavy atom. The number of benzene rings is 1. The number of fused-ring (bicyclic) bond motifs is 1. The molecule has 5 heteroatoms. The van der Waals surface area contributed by atoms with Crippen molar-refractivity contribution in [2.24, 2.45) is 5.92 Å². The Morgan fingerprint density at radius 2 is 2.10 bits per heavy atom. The molecule has 112 valence electrons. The first-order valence-electron chi connectivity index (χ1n) is 7.33. The van der Waals surface area contributed by atoms with Crippen molar-refractivity contribution in [1.29, 1.82) is 0 Å². The van der Waals surface area contributed by atoms with Gasteiger partial charge in [-0.1, -0.05) is 25.1 Å². The zero-order valence-electron chi connectivity index (χ0n) is 12.0. The van der Waals surface area contributed by atoms with Crippen molar-refractivity contribution in [3.8, 4) is 0 Å². The third-order valence-electron chi connectivity index (χ3n) is 4.16. The smallest absolute Gasteiger partial charge is 0.308 e. The fourth-order valence-electron chi connectivity index (χ4n) is 2.75. The molecule has 1 aliphatic heterocycles. The Balaban J connectivity index is 1.78. The molecule has 1 aromatic carbocycles. The highest BCUT2D eigenvalue weighted by atomic mass is 32.2. The predicted octanol–water partition coefficient (Wildman–Crippen LogP) is 2.59. The summed E-state index contributed by atoms with van der Waals surface area (Å²) in [5, 5.41) is 9.10. The number of thioether (sulfide) groups is 1. The minimum absolute atomic E-state index is 0.100. The number of carbonyl (C=O) groups excluding carboxylic acids is 1. The van der Waals surface area contributed by atoms with Gasteiger partial charge >= 0.3 is 5.97 Å². The summed E-state index contributed by atoms with van der Waals surface area (Å²) in [5.41, 5.74) is 1.10. The van der Waals surface area contributed by atoms with Crippen LogP contribution in [0.4, 0.5) is 0 Å². The normalized spacial score (nSPS) is 21.7. The first-order chi connectivity index (χ1) is 10.1. The van der Waals surface area contributed by atoms with Gasteiger partial charge in [-0.2, -0.15) is 0 Å². The lowest BCUT2D eigenvalue weighted by molar-refractivity contribution is -0.143. The maximum atomic E-state index is 12.9. The van der Waals surface area contributed by atoms with Crippen LogP contribution in [0, 0.1) is 5.92 Å². The van der Waals surface area contributed by atoms with Gasteiger partial charge in [0.05, 0.1) is 11.8 Å². The number of hydrogen-bond donors (Lipinski definition) is 1. The van der Waals surface area contributed by atoms with E-state index < -0.39 is 11.9 Å². The topological polar surface area (TPSA) is 57.6 Å². The minimum Gasteiger partial charge on any atom is -0.481 e. The summed E-state index contributed by atoms with van der Waals surface area (Å²) in [6, 6.07) is 8.27. The molecule has 1 saturated carbocycles. The molecule has 1 aliphatic carbocycles. The summed E-state index contributed by atoms with van der Waals surface area (Å²) >= 11 is 1.72. The molecule has 2 atom stereocenters. The van der Waals surface area contributed by atoms with Crippen LogP contribution in [0.15, 0.2) is 29.2 Å². The van der Waals surface area contributed by atoms with Crippen molar-refractivity contribution in [2.75, 3.05) is 12.3 Å². The summed E-state index contributed by atoms with van der Waals surface area (Å²) in [6.45, 7) is 1.99. The van der Waals surface area contributed by atoms with E-state index >= 15 is 0 Å². The Morgan fingerprint density at radius 3 is 2.76 bits per heavy atom. The Kier molecular flexibility index (Phi) is 3.93. The van der Waals surface area contributed by atoms with Crippen molar-refractivity contribution in [2.45, 2.75) is 36.6 Å². The summed E-state index contributed by atoms with van der Waals surface area (Å²) < 4.78 is 0. The Hall–Kier alpha value is -1.49. The largest absolute Gasteiger partial charge is 0.481 e. The van der Waals surface area contributed by atoms with Crippen molar-refractivity contribution >= 4 is 23.6 Å². The van der Waals surface area contributed by atoms with E-state index in [0.717, 1.165) is 24.2 Å². The van der Waals surface area contributed by atoms with E-state index in [1.807, 2.05) is 23.1 Å². The lowest BCUT2D eigenvalue weighted by atomic mass is 9.99. The van der Waals surface area contributed by atoms with Gasteiger partial charge in [0.1, 0.15) is 0 Å². The summed E-state index contributed by atoms with van der Waals surface area (Å²) in [4.78, 5) is 26.9. The van der Waals surface area contributed by atoms with Crippen LogP contribution in [-0.2, 0) is 9.59 Å². The number of nitrogens with zero attached hydrogens (tertiary/aromatic N) is 1. The van der Waals surface area contributed by atoms with Crippen LogP contribution in [0.25, 0.3) is 0 Å². The van der Waals surface area contributed by atoms with E-state index in [0.29, 0.717) is 6.54 Å². The summed E-state index contributed by atoms with van der Waals surface area (Å²) in [7, 11) is 0. The molecule has 1 heterocycles. The van der Waals surface area contributed by atoms with E-state index in [2.05, 4.69) is 6.07 Å². The maximum absolute atomic E-state index is 12.9. The van der Waals surface area contributed by atoms with Gasteiger partial charge in [-0.3, -0.25) is 9.59 Å². The highest BCUT2D eigenvalue weighted by Crippen LogP contribution is 2.41. The van der Waals surface area contributed by atoms with Gasteiger partial charge in [-0.15, -0.1) is 11.8 Å². The van der Waals surface area contributed by atoms with Crippen LogP contribution >= 0.6 is 11.8 Å². The molecular weight excluding hydrogens is 286 g/mol. The van der Waals surface area contributed by atoms with Gasteiger partial charge in [0.25, 0.3) is 0 Å². The predicted molar refractivity (Wildman–Crippen MR) is 81.4 cm³/mol. The van der Waals surface area contributed by atoms with Crippen LogP contribution < -0.4 is 0 Å². The molecule has 0 bridgehead atoms. The zero-order valence-corrected chi connectivity index (χ0v) is 12.8. The molecule has 4 nitrogen and oxygen atoms in total. The third-order valence-corrected chi connectivity index (χ3v) is 5.34. The monoisotopic (exact) mass is 305 g/mol. The molecule has 1 aromatic rings. The lowest BCUT2D eigenvalue weighted by Crippen LogP contribution is -2.41. The first-order valence-corrected chi connectivity index (χ1v) is 8.31. The van der Waals surface area contributed by atoms with Crippen LogP contribution in [0.3, 0.4) is 0 Å². The van der Waals surface area contributed by atoms with E-state index in [-0.39, 0.29) is 17.9 Å². The second kappa shape index (κ2) is 5.72.